The first-order valence-corrected chi connectivity index (χ1v) is 7.26. The largest absolute Gasteiger partial charge is 0.383 e. The molecular formula is C11H12FIN2O4. The van der Waals surface area contributed by atoms with E-state index < -0.39 is 34.3 Å². The number of hydrogen-bond acceptors (Lipinski definition) is 4. The smallest absolute Gasteiger partial charge is 0.330 e. The van der Waals surface area contributed by atoms with Gasteiger partial charge in [0.2, 0.25) is 0 Å². The third-order valence-corrected chi connectivity index (χ3v) is 5.33. The number of aromatic amines is 1. The van der Waals surface area contributed by atoms with E-state index >= 15 is 0 Å². The molecule has 3 rings (SSSR count). The Balaban J connectivity index is 2.08. The van der Waals surface area contributed by atoms with Gasteiger partial charge in [-0.2, -0.15) is 0 Å². The molecule has 0 spiro atoms. The lowest BCUT2D eigenvalue weighted by molar-refractivity contribution is -0.0956. The molecule has 1 aliphatic carbocycles. The first-order chi connectivity index (χ1) is 8.77. The van der Waals surface area contributed by atoms with Gasteiger partial charge in [0.05, 0.1) is 0 Å². The van der Waals surface area contributed by atoms with Crippen LogP contribution in [0.25, 0.3) is 0 Å². The Morgan fingerprint density at radius 3 is 2.89 bits per heavy atom. The van der Waals surface area contributed by atoms with E-state index in [9.17, 15) is 19.1 Å². The normalized spacial score (nSPS) is 44.1. The van der Waals surface area contributed by atoms with Gasteiger partial charge in [0.15, 0.2) is 11.9 Å². The Hall–Kier alpha value is -0.740. The Morgan fingerprint density at radius 1 is 1.68 bits per heavy atom. The number of H-pyrrole nitrogens is 1. The van der Waals surface area contributed by atoms with Gasteiger partial charge in [0.25, 0.3) is 5.56 Å². The molecular weight excluding hydrogens is 370 g/mol. The monoisotopic (exact) mass is 382 g/mol. The van der Waals surface area contributed by atoms with E-state index in [0.717, 1.165) is 10.6 Å². The number of hydrogen-bond donors (Lipinski definition) is 2. The van der Waals surface area contributed by atoms with Crippen LogP contribution in [0.3, 0.4) is 0 Å². The molecule has 2 heterocycles. The van der Waals surface area contributed by atoms with Crippen molar-refractivity contribution < 1.29 is 14.2 Å². The van der Waals surface area contributed by atoms with Crippen LogP contribution >= 0.6 is 22.6 Å². The van der Waals surface area contributed by atoms with E-state index in [1.54, 1.807) is 0 Å². The van der Waals surface area contributed by atoms with Crippen molar-refractivity contribution in [3.05, 3.63) is 33.1 Å². The fourth-order valence-corrected chi connectivity index (χ4v) is 3.85. The third kappa shape index (κ3) is 1.47. The van der Waals surface area contributed by atoms with Gasteiger partial charge in [0, 0.05) is 23.1 Å². The van der Waals surface area contributed by atoms with Crippen LogP contribution in [0.15, 0.2) is 21.9 Å². The van der Waals surface area contributed by atoms with Gasteiger partial charge in [-0.05, 0) is 6.92 Å². The molecule has 1 aromatic rings. The van der Waals surface area contributed by atoms with Crippen molar-refractivity contribution >= 4 is 22.6 Å². The molecule has 6 nitrogen and oxygen atoms in total. The average molecular weight is 382 g/mol. The van der Waals surface area contributed by atoms with Crippen molar-refractivity contribution in [3.63, 3.8) is 0 Å². The molecule has 0 aromatic carbocycles. The molecule has 1 saturated carbocycles. The molecule has 19 heavy (non-hydrogen) atoms. The molecule has 2 aliphatic rings. The lowest BCUT2D eigenvalue weighted by atomic mass is 9.96. The first-order valence-electron chi connectivity index (χ1n) is 5.74. The lowest BCUT2D eigenvalue weighted by Crippen LogP contribution is -2.45. The minimum atomic E-state index is -2.10. The number of fused-ring (bicyclic) bond motifs is 1. The minimum Gasteiger partial charge on any atom is -0.383 e. The van der Waals surface area contributed by atoms with Gasteiger partial charge in [-0.15, -0.1) is 0 Å². The second-order valence-electron chi connectivity index (χ2n) is 5.23. The van der Waals surface area contributed by atoms with Gasteiger partial charge in [-0.1, -0.05) is 22.6 Å². The Kier molecular flexibility index (Phi) is 2.56. The number of ether oxygens (including phenoxy) is 1. The molecule has 2 fully saturated rings. The first kappa shape index (κ1) is 13.3. The molecule has 1 unspecified atom stereocenters. The van der Waals surface area contributed by atoms with Gasteiger partial charge in [-0.3, -0.25) is 14.3 Å². The third-order valence-electron chi connectivity index (χ3n) is 4.10. The van der Waals surface area contributed by atoms with Crippen molar-refractivity contribution in [2.75, 3.05) is 4.43 Å². The van der Waals surface area contributed by atoms with E-state index in [1.807, 2.05) is 27.6 Å². The summed E-state index contributed by atoms with van der Waals surface area (Å²) in [7, 11) is 0. The predicted octanol–water partition coefficient (Wildman–Crippen LogP) is 0.102. The summed E-state index contributed by atoms with van der Waals surface area (Å²) in [6, 6.07) is 1.12. The van der Waals surface area contributed by atoms with E-state index in [0.29, 0.717) is 4.43 Å². The second kappa shape index (κ2) is 3.67. The second-order valence-corrected chi connectivity index (χ2v) is 5.99. The van der Waals surface area contributed by atoms with E-state index in [1.165, 1.54) is 13.1 Å². The van der Waals surface area contributed by atoms with Crippen molar-refractivity contribution in [1.82, 2.24) is 9.55 Å². The van der Waals surface area contributed by atoms with E-state index in [-0.39, 0.29) is 6.42 Å². The van der Waals surface area contributed by atoms with Crippen LogP contribution in [-0.2, 0) is 4.74 Å². The van der Waals surface area contributed by atoms with Crippen molar-refractivity contribution in [2.45, 2.75) is 36.4 Å². The standard InChI is InChI=1S/C11H12FIN2O4/c1-9(12)7(15-3-2-6(16)14-8(15)17)19-10(5-13)4-11(9,10)18/h2-3,7,18H,4-5H2,1H3,(H,14,16,17)/t7-,9+,10-,11?/m1/s1. The number of aromatic nitrogens is 2. The van der Waals surface area contributed by atoms with Gasteiger partial charge in [-0.25, -0.2) is 9.18 Å². The zero-order valence-corrected chi connectivity index (χ0v) is 12.2. The molecule has 1 aliphatic heterocycles. The zero-order valence-electron chi connectivity index (χ0n) is 10.0. The molecule has 0 amide bonds. The maximum Gasteiger partial charge on any atom is 0.330 e. The summed E-state index contributed by atoms with van der Waals surface area (Å²) in [6.07, 6.45) is 0.147. The van der Waals surface area contributed by atoms with Crippen LogP contribution < -0.4 is 11.2 Å². The van der Waals surface area contributed by atoms with Crippen LogP contribution in [0.1, 0.15) is 19.6 Å². The summed E-state index contributed by atoms with van der Waals surface area (Å²) in [5.74, 6) is 0. The lowest BCUT2D eigenvalue weighted by Gasteiger charge is -2.28. The Bertz CT molecular complexity index is 657. The van der Waals surface area contributed by atoms with Crippen molar-refractivity contribution in [2.24, 2.45) is 0 Å². The van der Waals surface area contributed by atoms with Crippen LogP contribution in [0, 0.1) is 0 Å². The van der Waals surface area contributed by atoms with Gasteiger partial charge in [0.1, 0.15) is 11.2 Å². The highest BCUT2D eigenvalue weighted by molar-refractivity contribution is 14.1. The van der Waals surface area contributed by atoms with E-state index in [2.05, 4.69) is 0 Å². The average Bonchev–Trinajstić information content (AvgIpc) is 2.90. The summed E-state index contributed by atoms with van der Waals surface area (Å²) in [4.78, 5) is 24.8. The zero-order chi connectivity index (χ0) is 14.1. The van der Waals surface area contributed by atoms with Crippen molar-refractivity contribution in [1.29, 1.82) is 0 Å². The predicted molar refractivity (Wildman–Crippen MR) is 72.1 cm³/mol. The Morgan fingerprint density at radius 2 is 2.37 bits per heavy atom. The summed E-state index contributed by atoms with van der Waals surface area (Å²) in [5.41, 5.74) is -5.94. The highest BCUT2D eigenvalue weighted by Crippen LogP contribution is 2.68. The van der Waals surface area contributed by atoms with Crippen LogP contribution in [-0.4, -0.2) is 36.0 Å². The Labute approximate surface area is 120 Å². The molecule has 2 N–H and O–H groups in total. The molecule has 8 heteroatoms. The molecule has 104 valence electrons. The fourth-order valence-electron chi connectivity index (χ4n) is 2.77. The number of nitrogens with zero attached hydrogens (tertiary/aromatic N) is 1. The molecule has 0 radical (unpaired) electrons. The molecule has 4 atom stereocenters. The van der Waals surface area contributed by atoms with Crippen LogP contribution in [0.5, 0.6) is 0 Å². The quantitative estimate of drug-likeness (QED) is 0.562. The highest BCUT2D eigenvalue weighted by atomic mass is 127. The van der Waals surface area contributed by atoms with Crippen molar-refractivity contribution in [3.8, 4) is 0 Å². The number of alkyl halides is 2. The SMILES string of the molecule is C[C@]1(F)[C@H](n2ccc(=O)[nH]c2=O)O[C@@]2(CI)CC21O. The summed E-state index contributed by atoms with van der Waals surface area (Å²) < 4.78 is 21.9. The number of nitrogens with one attached hydrogen (secondary N) is 1. The number of rotatable bonds is 2. The summed E-state index contributed by atoms with van der Waals surface area (Å²) >= 11 is 2.02. The minimum absolute atomic E-state index is 0.213. The van der Waals surface area contributed by atoms with Gasteiger partial charge >= 0.3 is 5.69 Å². The van der Waals surface area contributed by atoms with Crippen LogP contribution in [0.2, 0.25) is 0 Å². The van der Waals surface area contributed by atoms with Crippen LogP contribution in [0.4, 0.5) is 4.39 Å². The fraction of sp³-hybridized carbons (Fsp3) is 0.636. The van der Waals surface area contributed by atoms with E-state index in [4.69, 9.17) is 4.74 Å². The summed E-state index contributed by atoms with van der Waals surface area (Å²) in [6.45, 7) is 1.22. The number of halogens is 2. The van der Waals surface area contributed by atoms with Gasteiger partial charge < -0.3 is 9.84 Å². The molecule has 1 aromatic heterocycles. The maximum atomic E-state index is 14.9. The number of aliphatic hydroxyl groups is 1. The maximum absolute atomic E-state index is 14.9. The summed E-state index contributed by atoms with van der Waals surface area (Å²) in [5, 5.41) is 10.3. The topological polar surface area (TPSA) is 84.3 Å². The molecule has 1 saturated heterocycles. The highest BCUT2D eigenvalue weighted by Gasteiger charge is 2.84. The molecule has 0 bridgehead atoms.